The number of carbonyl (C=O) groups is 1. The molecule has 0 aliphatic heterocycles. The second-order valence-corrected chi connectivity index (χ2v) is 4.39. The van der Waals surface area contributed by atoms with Gasteiger partial charge < -0.3 is 9.64 Å². The molecule has 1 atom stereocenters. The SMILES string of the molecule is CCC(C)N(CC)c1nc(C(=O)OC)cs1. The lowest BCUT2D eigenvalue weighted by Gasteiger charge is -2.26. The third-order valence-electron chi connectivity index (χ3n) is 2.60. The van der Waals surface area contributed by atoms with E-state index in [0.717, 1.165) is 18.1 Å². The van der Waals surface area contributed by atoms with Gasteiger partial charge in [0, 0.05) is 18.0 Å². The monoisotopic (exact) mass is 242 g/mol. The first-order chi connectivity index (χ1) is 7.63. The Hall–Kier alpha value is -1.10. The molecule has 1 aromatic heterocycles. The zero-order chi connectivity index (χ0) is 12.1. The highest BCUT2D eigenvalue weighted by atomic mass is 32.1. The Labute approximate surface area is 100 Å². The third kappa shape index (κ3) is 2.72. The number of rotatable bonds is 5. The van der Waals surface area contributed by atoms with E-state index in [1.807, 2.05) is 0 Å². The molecule has 1 aromatic rings. The van der Waals surface area contributed by atoms with Crippen molar-refractivity contribution in [1.82, 2.24) is 4.98 Å². The first-order valence-corrected chi connectivity index (χ1v) is 6.32. The van der Waals surface area contributed by atoms with Crippen LogP contribution in [0.3, 0.4) is 0 Å². The molecule has 5 heteroatoms. The number of hydrogen-bond donors (Lipinski definition) is 0. The predicted molar refractivity (Wildman–Crippen MR) is 66.2 cm³/mol. The Morgan fingerprint density at radius 3 is 2.81 bits per heavy atom. The van der Waals surface area contributed by atoms with E-state index >= 15 is 0 Å². The highest BCUT2D eigenvalue weighted by Gasteiger charge is 2.17. The Morgan fingerprint density at radius 2 is 2.31 bits per heavy atom. The van der Waals surface area contributed by atoms with Gasteiger partial charge in [-0.15, -0.1) is 11.3 Å². The number of nitrogens with zero attached hydrogens (tertiary/aromatic N) is 2. The van der Waals surface area contributed by atoms with Crippen molar-refractivity contribution in [2.75, 3.05) is 18.6 Å². The molecule has 0 fully saturated rings. The lowest BCUT2D eigenvalue weighted by molar-refractivity contribution is 0.0595. The first kappa shape index (κ1) is 13.0. The van der Waals surface area contributed by atoms with Crippen LogP contribution in [0.25, 0.3) is 0 Å². The Kier molecular flexibility index (Phi) is 4.73. The van der Waals surface area contributed by atoms with Crippen molar-refractivity contribution in [3.05, 3.63) is 11.1 Å². The topological polar surface area (TPSA) is 42.4 Å². The van der Waals surface area contributed by atoms with Crippen LogP contribution in [0.1, 0.15) is 37.7 Å². The van der Waals surface area contributed by atoms with Gasteiger partial charge in [0.2, 0.25) is 0 Å². The van der Waals surface area contributed by atoms with Crippen LogP contribution >= 0.6 is 11.3 Å². The summed E-state index contributed by atoms with van der Waals surface area (Å²) >= 11 is 1.48. The third-order valence-corrected chi connectivity index (χ3v) is 3.47. The number of ether oxygens (including phenoxy) is 1. The average Bonchev–Trinajstić information content (AvgIpc) is 2.78. The summed E-state index contributed by atoms with van der Waals surface area (Å²) in [5.41, 5.74) is 0.393. The van der Waals surface area contributed by atoms with Gasteiger partial charge in [-0.05, 0) is 20.3 Å². The maximum Gasteiger partial charge on any atom is 0.357 e. The van der Waals surface area contributed by atoms with Gasteiger partial charge in [0.05, 0.1) is 7.11 Å². The van der Waals surface area contributed by atoms with Crippen LogP contribution in [-0.4, -0.2) is 30.6 Å². The lowest BCUT2D eigenvalue weighted by Crippen LogP contribution is -2.32. The van der Waals surface area contributed by atoms with Crippen LogP contribution in [0.5, 0.6) is 0 Å². The van der Waals surface area contributed by atoms with E-state index in [1.54, 1.807) is 5.38 Å². The molecule has 0 aliphatic carbocycles. The Bertz CT molecular complexity index is 352. The van der Waals surface area contributed by atoms with E-state index < -0.39 is 0 Å². The van der Waals surface area contributed by atoms with Crippen LogP contribution in [0.15, 0.2) is 5.38 Å². The molecule has 16 heavy (non-hydrogen) atoms. The number of thiazole rings is 1. The summed E-state index contributed by atoms with van der Waals surface area (Å²) in [6.07, 6.45) is 1.06. The summed E-state index contributed by atoms with van der Waals surface area (Å²) in [6.45, 7) is 7.28. The zero-order valence-corrected chi connectivity index (χ0v) is 11.0. The van der Waals surface area contributed by atoms with Gasteiger partial charge in [-0.2, -0.15) is 0 Å². The maximum absolute atomic E-state index is 11.3. The van der Waals surface area contributed by atoms with Gasteiger partial charge in [0.1, 0.15) is 0 Å². The smallest absolute Gasteiger partial charge is 0.357 e. The number of aromatic nitrogens is 1. The first-order valence-electron chi connectivity index (χ1n) is 5.44. The summed E-state index contributed by atoms with van der Waals surface area (Å²) in [7, 11) is 1.37. The predicted octanol–water partition coefficient (Wildman–Crippen LogP) is 2.55. The van der Waals surface area contributed by atoms with E-state index in [0.29, 0.717) is 11.7 Å². The largest absolute Gasteiger partial charge is 0.464 e. The molecular weight excluding hydrogens is 224 g/mol. The fourth-order valence-electron chi connectivity index (χ4n) is 1.45. The van der Waals surface area contributed by atoms with E-state index in [4.69, 9.17) is 0 Å². The molecule has 0 amide bonds. The molecular formula is C11H18N2O2S. The second-order valence-electron chi connectivity index (χ2n) is 3.55. The number of anilines is 1. The minimum atomic E-state index is -0.372. The quantitative estimate of drug-likeness (QED) is 0.744. The van der Waals surface area contributed by atoms with Crippen LogP contribution in [0.4, 0.5) is 5.13 Å². The normalized spacial score (nSPS) is 12.2. The van der Waals surface area contributed by atoms with Crippen molar-refractivity contribution in [2.24, 2.45) is 0 Å². The fraction of sp³-hybridized carbons (Fsp3) is 0.636. The highest BCUT2D eigenvalue weighted by Crippen LogP contribution is 2.23. The molecule has 0 saturated heterocycles. The van der Waals surface area contributed by atoms with Gasteiger partial charge in [-0.1, -0.05) is 6.92 Å². The summed E-state index contributed by atoms with van der Waals surface area (Å²) in [6, 6.07) is 0.432. The summed E-state index contributed by atoms with van der Waals surface area (Å²) in [5, 5.41) is 2.63. The Morgan fingerprint density at radius 1 is 1.62 bits per heavy atom. The van der Waals surface area contributed by atoms with E-state index in [1.165, 1.54) is 18.4 Å². The van der Waals surface area contributed by atoms with Gasteiger partial charge >= 0.3 is 5.97 Å². The summed E-state index contributed by atoms with van der Waals surface area (Å²) in [4.78, 5) is 17.8. The second kappa shape index (κ2) is 5.84. The number of esters is 1. The molecule has 1 unspecified atom stereocenters. The fourth-order valence-corrected chi connectivity index (χ4v) is 2.41. The number of methoxy groups -OCH3 is 1. The summed E-state index contributed by atoms with van der Waals surface area (Å²) < 4.78 is 4.64. The molecule has 0 saturated carbocycles. The minimum absolute atomic E-state index is 0.372. The van der Waals surface area contributed by atoms with Crippen molar-refractivity contribution in [3.8, 4) is 0 Å². The van der Waals surface area contributed by atoms with Crippen LogP contribution in [0.2, 0.25) is 0 Å². The van der Waals surface area contributed by atoms with Gasteiger partial charge in [0.15, 0.2) is 10.8 Å². The molecule has 0 aromatic carbocycles. The molecule has 0 spiro atoms. The van der Waals surface area contributed by atoms with Crippen LogP contribution in [-0.2, 0) is 4.74 Å². The van der Waals surface area contributed by atoms with E-state index in [-0.39, 0.29) is 5.97 Å². The molecule has 1 rings (SSSR count). The van der Waals surface area contributed by atoms with Crippen molar-refractivity contribution < 1.29 is 9.53 Å². The number of hydrogen-bond acceptors (Lipinski definition) is 5. The molecule has 0 N–H and O–H groups in total. The molecule has 1 heterocycles. The number of carbonyl (C=O) groups excluding carboxylic acids is 1. The van der Waals surface area contributed by atoms with Crippen molar-refractivity contribution >= 4 is 22.4 Å². The maximum atomic E-state index is 11.3. The summed E-state index contributed by atoms with van der Waals surface area (Å²) in [5.74, 6) is -0.372. The average molecular weight is 242 g/mol. The molecule has 90 valence electrons. The van der Waals surface area contributed by atoms with Crippen molar-refractivity contribution in [2.45, 2.75) is 33.2 Å². The van der Waals surface area contributed by atoms with Crippen LogP contribution in [0, 0.1) is 0 Å². The molecule has 0 bridgehead atoms. The van der Waals surface area contributed by atoms with Gasteiger partial charge in [-0.25, -0.2) is 9.78 Å². The lowest BCUT2D eigenvalue weighted by atomic mass is 10.2. The molecule has 0 radical (unpaired) electrons. The van der Waals surface area contributed by atoms with Gasteiger partial charge in [0.25, 0.3) is 0 Å². The zero-order valence-electron chi connectivity index (χ0n) is 10.2. The van der Waals surface area contributed by atoms with E-state index in [2.05, 4.69) is 35.4 Å². The Balaban J connectivity index is 2.86. The van der Waals surface area contributed by atoms with E-state index in [9.17, 15) is 4.79 Å². The standard InChI is InChI=1S/C11H18N2O2S/c1-5-8(3)13(6-2)11-12-9(7-16-11)10(14)15-4/h7-8H,5-6H2,1-4H3. The van der Waals surface area contributed by atoms with Crippen molar-refractivity contribution in [3.63, 3.8) is 0 Å². The molecule has 0 aliphatic rings. The minimum Gasteiger partial charge on any atom is -0.464 e. The highest BCUT2D eigenvalue weighted by molar-refractivity contribution is 7.13. The van der Waals surface area contributed by atoms with Crippen molar-refractivity contribution in [1.29, 1.82) is 0 Å². The molecule has 4 nitrogen and oxygen atoms in total. The van der Waals surface area contributed by atoms with Crippen LogP contribution < -0.4 is 4.90 Å². The van der Waals surface area contributed by atoms with Gasteiger partial charge in [-0.3, -0.25) is 0 Å².